The molecular formula is C12H12ClFN2. The fourth-order valence-electron chi connectivity index (χ4n) is 2.32. The van der Waals surface area contributed by atoms with E-state index < -0.39 is 0 Å². The molecule has 4 heteroatoms. The van der Waals surface area contributed by atoms with E-state index in [0.717, 1.165) is 29.7 Å². The number of fused-ring (bicyclic) bond motifs is 1. The first kappa shape index (κ1) is 11.1. The van der Waals surface area contributed by atoms with Gasteiger partial charge in [0.2, 0.25) is 0 Å². The number of hydrogen-bond acceptors (Lipinski definition) is 1. The highest BCUT2D eigenvalue weighted by Gasteiger charge is 2.25. The van der Waals surface area contributed by atoms with E-state index in [1.54, 1.807) is 12.4 Å². The SMILES string of the molecule is Cl.Fc1cccc2c1CC(c1cnc[nH]1)C2. The molecule has 0 saturated heterocycles. The van der Waals surface area contributed by atoms with E-state index in [9.17, 15) is 4.39 Å². The summed E-state index contributed by atoms with van der Waals surface area (Å²) in [6.45, 7) is 0. The number of nitrogens with one attached hydrogen (secondary N) is 1. The third-order valence-electron chi connectivity index (χ3n) is 3.09. The number of halogens is 2. The fourth-order valence-corrected chi connectivity index (χ4v) is 2.32. The zero-order valence-electron chi connectivity index (χ0n) is 8.61. The number of hydrogen-bond donors (Lipinski definition) is 1. The van der Waals surface area contributed by atoms with Crippen LogP contribution in [0.4, 0.5) is 4.39 Å². The van der Waals surface area contributed by atoms with Crippen LogP contribution >= 0.6 is 12.4 Å². The van der Waals surface area contributed by atoms with Gasteiger partial charge in [0, 0.05) is 17.8 Å². The Kier molecular flexibility index (Phi) is 2.97. The van der Waals surface area contributed by atoms with Crippen molar-refractivity contribution in [3.05, 3.63) is 53.4 Å². The van der Waals surface area contributed by atoms with Gasteiger partial charge in [-0.2, -0.15) is 0 Å². The van der Waals surface area contributed by atoms with E-state index >= 15 is 0 Å². The van der Waals surface area contributed by atoms with E-state index in [-0.39, 0.29) is 18.2 Å². The van der Waals surface area contributed by atoms with E-state index in [0.29, 0.717) is 5.92 Å². The Labute approximate surface area is 99.3 Å². The predicted octanol–water partition coefficient (Wildman–Crippen LogP) is 2.85. The maximum absolute atomic E-state index is 13.5. The van der Waals surface area contributed by atoms with Crippen LogP contribution in [-0.2, 0) is 12.8 Å². The van der Waals surface area contributed by atoms with E-state index in [1.807, 2.05) is 12.3 Å². The van der Waals surface area contributed by atoms with Gasteiger partial charge in [0.15, 0.2) is 0 Å². The summed E-state index contributed by atoms with van der Waals surface area (Å²) < 4.78 is 13.5. The van der Waals surface area contributed by atoms with Gasteiger partial charge in [0.1, 0.15) is 5.82 Å². The van der Waals surface area contributed by atoms with Crippen molar-refractivity contribution in [3.8, 4) is 0 Å². The zero-order chi connectivity index (χ0) is 10.3. The van der Waals surface area contributed by atoms with Crippen molar-refractivity contribution in [2.45, 2.75) is 18.8 Å². The van der Waals surface area contributed by atoms with Gasteiger partial charge in [0.25, 0.3) is 0 Å². The third-order valence-corrected chi connectivity index (χ3v) is 3.09. The zero-order valence-corrected chi connectivity index (χ0v) is 9.43. The average molecular weight is 239 g/mol. The molecule has 1 aliphatic rings. The van der Waals surface area contributed by atoms with Crippen molar-refractivity contribution >= 4 is 12.4 Å². The van der Waals surface area contributed by atoms with Crippen LogP contribution in [-0.4, -0.2) is 9.97 Å². The Bertz CT molecular complexity index is 482. The summed E-state index contributed by atoms with van der Waals surface area (Å²) in [5.41, 5.74) is 3.11. The summed E-state index contributed by atoms with van der Waals surface area (Å²) in [6, 6.07) is 5.33. The van der Waals surface area contributed by atoms with Crippen molar-refractivity contribution in [2.24, 2.45) is 0 Å². The Morgan fingerprint density at radius 2 is 2.19 bits per heavy atom. The molecule has 1 heterocycles. The van der Waals surface area contributed by atoms with E-state index in [1.165, 1.54) is 6.07 Å². The lowest BCUT2D eigenvalue weighted by molar-refractivity contribution is 0.606. The molecule has 16 heavy (non-hydrogen) atoms. The molecule has 0 spiro atoms. The second-order valence-electron chi connectivity index (χ2n) is 3.99. The molecule has 1 aromatic heterocycles. The number of benzene rings is 1. The number of H-pyrrole nitrogens is 1. The molecule has 0 amide bonds. The van der Waals surface area contributed by atoms with Gasteiger partial charge in [-0.3, -0.25) is 0 Å². The highest BCUT2D eigenvalue weighted by atomic mass is 35.5. The number of nitrogens with zero attached hydrogens (tertiary/aromatic N) is 1. The lowest BCUT2D eigenvalue weighted by atomic mass is 10.0. The highest BCUT2D eigenvalue weighted by molar-refractivity contribution is 5.85. The molecule has 2 aromatic rings. The Hall–Kier alpha value is -1.35. The molecule has 1 unspecified atom stereocenters. The number of aromatic amines is 1. The van der Waals surface area contributed by atoms with Crippen molar-refractivity contribution in [3.63, 3.8) is 0 Å². The summed E-state index contributed by atoms with van der Waals surface area (Å²) in [5, 5.41) is 0. The van der Waals surface area contributed by atoms with Gasteiger partial charge in [-0.05, 0) is 30.0 Å². The molecule has 84 valence electrons. The molecule has 0 radical (unpaired) electrons. The van der Waals surface area contributed by atoms with Gasteiger partial charge < -0.3 is 4.98 Å². The van der Waals surface area contributed by atoms with Crippen LogP contribution < -0.4 is 0 Å². The van der Waals surface area contributed by atoms with Gasteiger partial charge in [-0.25, -0.2) is 9.37 Å². The molecule has 0 aliphatic heterocycles. The normalized spacial score (nSPS) is 17.9. The van der Waals surface area contributed by atoms with Crippen LogP contribution in [0, 0.1) is 5.82 Å². The van der Waals surface area contributed by atoms with Gasteiger partial charge in [0.05, 0.1) is 6.33 Å². The van der Waals surface area contributed by atoms with Crippen molar-refractivity contribution < 1.29 is 4.39 Å². The minimum absolute atomic E-state index is 0. The number of rotatable bonds is 1. The van der Waals surface area contributed by atoms with Crippen LogP contribution in [0.2, 0.25) is 0 Å². The largest absolute Gasteiger partial charge is 0.348 e. The van der Waals surface area contributed by atoms with E-state index in [4.69, 9.17) is 0 Å². The van der Waals surface area contributed by atoms with Crippen LogP contribution in [0.1, 0.15) is 22.7 Å². The molecule has 1 atom stereocenters. The Morgan fingerprint density at radius 1 is 1.31 bits per heavy atom. The molecule has 2 nitrogen and oxygen atoms in total. The van der Waals surface area contributed by atoms with Crippen molar-refractivity contribution in [2.75, 3.05) is 0 Å². The molecular weight excluding hydrogens is 227 g/mol. The fraction of sp³-hybridized carbons (Fsp3) is 0.250. The maximum atomic E-state index is 13.5. The lowest BCUT2D eigenvalue weighted by Crippen LogP contribution is -1.97. The topological polar surface area (TPSA) is 28.7 Å². The number of aromatic nitrogens is 2. The van der Waals surface area contributed by atoms with Crippen LogP contribution in [0.3, 0.4) is 0 Å². The molecule has 3 rings (SSSR count). The van der Waals surface area contributed by atoms with E-state index in [2.05, 4.69) is 9.97 Å². The van der Waals surface area contributed by atoms with Crippen LogP contribution in [0.25, 0.3) is 0 Å². The maximum Gasteiger partial charge on any atom is 0.126 e. The molecule has 0 fully saturated rings. The van der Waals surface area contributed by atoms with Gasteiger partial charge >= 0.3 is 0 Å². The summed E-state index contributed by atoms with van der Waals surface area (Å²) in [7, 11) is 0. The van der Waals surface area contributed by atoms with Crippen LogP contribution in [0.5, 0.6) is 0 Å². The third kappa shape index (κ3) is 1.71. The first-order valence-corrected chi connectivity index (χ1v) is 5.09. The Balaban J connectivity index is 0.000000963. The monoisotopic (exact) mass is 238 g/mol. The quantitative estimate of drug-likeness (QED) is 0.813. The molecule has 1 aliphatic carbocycles. The summed E-state index contributed by atoms with van der Waals surface area (Å²) >= 11 is 0. The molecule has 0 bridgehead atoms. The molecule has 1 N–H and O–H groups in total. The highest BCUT2D eigenvalue weighted by Crippen LogP contribution is 2.34. The van der Waals surface area contributed by atoms with Crippen LogP contribution in [0.15, 0.2) is 30.7 Å². The van der Waals surface area contributed by atoms with Gasteiger partial charge in [-0.15, -0.1) is 12.4 Å². The smallest absolute Gasteiger partial charge is 0.126 e. The Morgan fingerprint density at radius 3 is 2.88 bits per heavy atom. The molecule has 1 aromatic carbocycles. The number of imidazole rings is 1. The second kappa shape index (κ2) is 4.26. The van der Waals surface area contributed by atoms with Crippen molar-refractivity contribution in [1.82, 2.24) is 9.97 Å². The van der Waals surface area contributed by atoms with Gasteiger partial charge in [-0.1, -0.05) is 12.1 Å². The predicted molar refractivity (Wildman–Crippen MR) is 62.4 cm³/mol. The minimum atomic E-state index is -0.0745. The second-order valence-corrected chi connectivity index (χ2v) is 3.99. The van der Waals surface area contributed by atoms with Crippen molar-refractivity contribution in [1.29, 1.82) is 0 Å². The first-order chi connectivity index (χ1) is 7.34. The summed E-state index contributed by atoms with van der Waals surface area (Å²) in [4.78, 5) is 7.10. The minimum Gasteiger partial charge on any atom is -0.348 e. The lowest BCUT2D eigenvalue weighted by Gasteiger charge is -2.04. The summed E-state index contributed by atoms with van der Waals surface area (Å²) in [6.07, 6.45) is 5.20. The summed E-state index contributed by atoms with van der Waals surface area (Å²) in [5.74, 6) is 0.286. The standard InChI is InChI=1S/C12H11FN2.ClH/c13-11-3-1-2-8-4-9(5-10(8)11)12-6-14-7-15-12;/h1-3,6-7,9H,4-5H2,(H,14,15);1H. The molecule has 0 saturated carbocycles. The average Bonchev–Trinajstić information content (AvgIpc) is 2.86. The first-order valence-electron chi connectivity index (χ1n) is 5.09.